The summed E-state index contributed by atoms with van der Waals surface area (Å²) in [5.41, 5.74) is -1.74. The summed E-state index contributed by atoms with van der Waals surface area (Å²) in [6.07, 6.45) is -4.71. The number of alkyl halides is 3. The number of nitro groups is 1. The van der Waals surface area contributed by atoms with E-state index in [4.69, 9.17) is 0 Å². The van der Waals surface area contributed by atoms with Crippen molar-refractivity contribution in [2.24, 2.45) is 0 Å². The first kappa shape index (κ1) is 23.0. The van der Waals surface area contributed by atoms with E-state index in [-0.39, 0.29) is 30.2 Å². The summed E-state index contributed by atoms with van der Waals surface area (Å²) in [5.74, 6) is 0. The fraction of sp³-hybridized carbons (Fsp3) is 0.273. The Morgan fingerprint density at radius 1 is 1.00 bits per heavy atom. The summed E-state index contributed by atoms with van der Waals surface area (Å²) < 4.78 is 66.9. The number of benzene rings is 3. The standard InChI is InChI=1S/C22H20F3N3O4S/c1-15-14-26(20-9-7-18(22(23,24)25)13-21(20)28(29)30)10-11-27(15)33(31,32)19-8-6-16-4-2-3-5-17(16)12-19/h2-9,12-13,15H,10-11,14H2,1H3/t15-/m0/s1. The Labute approximate surface area is 188 Å². The maximum absolute atomic E-state index is 13.3. The second-order valence-corrected chi connectivity index (χ2v) is 9.77. The molecule has 0 N–H and O–H groups in total. The molecule has 33 heavy (non-hydrogen) atoms. The van der Waals surface area contributed by atoms with Crippen molar-refractivity contribution in [3.63, 3.8) is 0 Å². The van der Waals surface area contributed by atoms with Crippen LogP contribution in [0.3, 0.4) is 0 Å². The molecule has 174 valence electrons. The van der Waals surface area contributed by atoms with Gasteiger partial charge in [0.1, 0.15) is 5.69 Å². The van der Waals surface area contributed by atoms with Gasteiger partial charge in [-0.3, -0.25) is 10.1 Å². The Hall–Kier alpha value is -3.18. The van der Waals surface area contributed by atoms with Crippen molar-refractivity contribution < 1.29 is 26.5 Å². The van der Waals surface area contributed by atoms with Crippen molar-refractivity contribution in [3.8, 4) is 0 Å². The van der Waals surface area contributed by atoms with Crippen molar-refractivity contribution >= 4 is 32.2 Å². The van der Waals surface area contributed by atoms with E-state index in [1.807, 2.05) is 24.3 Å². The molecule has 0 bridgehead atoms. The van der Waals surface area contributed by atoms with Crippen LogP contribution in [0.2, 0.25) is 0 Å². The number of rotatable bonds is 4. The van der Waals surface area contributed by atoms with Gasteiger partial charge in [-0.25, -0.2) is 8.42 Å². The van der Waals surface area contributed by atoms with E-state index in [2.05, 4.69) is 0 Å². The number of sulfonamides is 1. The molecule has 4 rings (SSSR count). The summed E-state index contributed by atoms with van der Waals surface area (Å²) in [6, 6.07) is 14.1. The molecule has 0 aromatic heterocycles. The maximum Gasteiger partial charge on any atom is 0.416 e. The topological polar surface area (TPSA) is 83.8 Å². The van der Waals surface area contributed by atoms with Gasteiger partial charge < -0.3 is 4.90 Å². The number of anilines is 1. The van der Waals surface area contributed by atoms with E-state index >= 15 is 0 Å². The predicted molar refractivity (Wildman–Crippen MR) is 118 cm³/mol. The minimum atomic E-state index is -4.71. The molecule has 3 aromatic rings. The summed E-state index contributed by atoms with van der Waals surface area (Å²) in [4.78, 5) is 12.3. The second-order valence-electron chi connectivity index (χ2n) is 7.88. The van der Waals surface area contributed by atoms with Gasteiger partial charge in [-0.05, 0) is 42.0 Å². The van der Waals surface area contributed by atoms with Crippen LogP contribution in [0.25, 0.3) is 10.8 Å². The third-order valence-corrected chi connectivity index (χ3v) is 7.74. The lowest BCUT2D eigenvalue weighted by atomic mass is 10.1. The number of hydrogen-bond donors (Lipinski definition) is 0. The summed E-state index contributed by atoms with van der Waals surface area (Å²) >= 11 is 0. The van der Waals surface area contributed by atoms with Crippen LogP contribution in [0.5, 0.6) is 0 Å². The van der Waals surface area contributed by atoms with Crippen LogP contribution in [0.1, 0.15) is 12.5 Å². The molecule has 7 nitrogen and oxygen atoms in total. The quantitative estimate of drug-likeness (QED) is 0.401. The van der Waals surface area contributed by atoms with Crippen molar-refractivity contribution in [2.75, 3.05) is 24.5 Å². The number of halogens is 3. The van der Waals surface area contributed by atoms with Crippen LogP contribution in [0, 0.1) is 10.1 Å². The van der Waals surface area contributed by atoms with Gasteiger partial charge in [-0.1, -0.05) is 30.3 Å². The van der Waals surface area contributed by atoms with Crippen LogP contribution >= 0.6 is 0 Å². The van der Waals surface area contributed by atoms with Gasteiger partial charge >= 0.3 is 6.18 Å². The number of fused-ring (bicyclic) bond motifs is 1. The highest BCUT2D eigenvalue weighted by Gasteiger charge is 2.37. The molecule has 0 saturated carbocycles. The third-order valence-electron chi connectivity index (χ3n) is 5.73. The first-order valence-electron chi connectivity index (χ1n) is 10.1. The average molecular weight is 479 g/mol. The van der Waals surface area contributed by atoms with Crippen LogP contribution in [-0.4, -0.2) is 43.3 Å². The molecule has 11 heteroatoms. The van der Waals surface area contributed by atoms with Gasteiger partial charge in [0.2, 0.25) is 10.0 Å². The van der Waals surface area contributed by atoms with Crippen molar-refractivity contribution in [1.82, 2.24) is 4.31 Å². The van der Waals surface area contributed by atoms with E-state index in [0.29, 0.717) is 6.07 Å². The molecular formula is C22H20F3N3O4S. The fourth-order valence-corrected chi connectivity index (χ4v) is 5.74. The Morgan fingerprint density at radius 3 is 2.33 bits per heavy atom. The minimum absolute atomic E-state index is 0.0302. The lowest BCUT2D eigenvalue weighted by Crippen LogP contribution is -2.54. The van der Waals surface area contributed by atoms with Crippen LogP contribution in [0.15, 0.2) is 65.6 Å². The van der Waals surface area contributed by atoms with E-state index in [9.17, 15) is 31.7 Å². The molecule has 1 aliphatic heterocycles. The van der Waals surface area contributed by atoms with Gasteiger partial charge in [0.15, 0.2) is 0 Å². The van der Waals surface area contributed by atoms with Gasteiger partial charge in [0.25, 0.3) is 5.69 Å². The highest BCUT2D eigenvalue weighted by Crippen LogP contribution is 2.37. The Morgan fingerprint density at radius 2 is 1.70 bits per heavy atom. The zero-order valence-electron chi connectivity index (χ0n) is 17.5. The summed E-state index contributed by atoms with van der Waals surface area (Å²) in [5, 5.41) is 13.1. The molecule has 1 aliphatic rings. The van der Waals surface area contributed by atoms with Gasteiger partial charge in [0.05, 0.1) is 15.4 Å². The molecule has 1 heterocycles. The smallest absolute Gasteiger partial charge is 0.363 e. The average Bonchev–Trinajstić information content (AvgIpc) is 2.77. The Kier molecular flexibility index (Phi) is 5.79. The molecule has 0 spiro atoms. The molecule has 1 fully saturated rings. The first-order chi connectivity index (χ1) is 15.5. The Bertz CT molecular complexity index is 1330. The minimum Gasteiger partial charge on any atom is -0.363 e. The molecule has 3 aromatic carbocycles. The largest absolute Gasteiger partial charge is 0.416 e. The summed E-state index contributed by atoms with van der Waals surface area (Å²) in [7, 11) is -3.84. The molecule has 0 amide bonds. The summed E-state index contributed by atoms with van der Waals surface area (Å²) in [6.45, 7) is 1.90. The third kappa shape index (κ3) is 4.38. The van der Waals surface area contributed by atoms with E-state index in [0.717, 1.165) is 22.9 Å². The zero-order valence-corrected chi connectivity index (χ0v) is 18.3. The van der Waals surface area contributed by atoms with Crippen LogP contribution in [-0.2, 0) is 16.2 Å². The van der Waals surface area contributed by atoms with E-state index in [1.54, 1.807) is 24.0 Å². The van der Waals surface area contributed by atoms with Gasteiger partial charge in [-0.15, -0.1) is 0 Å². The van der Waals surface area contributed by atoms with E-state index < -0.39 is 38.4 Å². The normalized spacial score (nSPS) is 17.9. The Balaban J connectivity index is 1.60. The number of nitro benzene ring substituents is 1. The molecule has 0 radical (unpaired) electrons. The van der Waals surface area contributed by atoms with Crippen LogP contribution in [0.4, 0.5) is 24.5 Å². The van der Waals surface area contributed by atoms with Crippen molar-refractivity contribution in [2.45, 2.75) is 24.0 Å². The fourth-order valence-electron chi connectivity index (χ4n) is 4.09. The number of piperazine rings is 1. The zero-order chi connectivity index (χ0) is 24.0. The highest BCUT2D eigenvalue weighted by molar-refractivity contribution is 7.89. The van der Waals surface area contributed by atoms with Crippen LogP contribution < -0.4 is 4.90 Å². The van der Waals surface area contributed by atoms with Gasteiger partial charge in [0, 0.05) is 31.7 Å². The first-order valence-corrected chi connectivity index (χ1v) is 11.5. The van der Waals surface area contributed by atoms with Gasteiger partial charge in [-0.2, -0.15) is 17.5 Å². The monoisotopic (exact) mass is 479 g/mol. The maximum atomic E-state index is 13.3. The second kappa shape index (κ2) is 8.31. The molecule has 0 aliphatic carbocycles. The SMILES string of the molecule is C[C@H]1CN(c2ccc(C(F)(F)F)cc2[N+](=O)[O-])CCN1S(=O)(=O)c1ccc2ccccc2c1. The molecular weight excluding hydrogens is 459 g/mol. The van der Waals surface area contributed by atoms with E-state index in [1.165, 1.54) is 10.4 Å². The molecule has 0 unspecified atom stereocenters. The lowest BCUT2D eigenvalue weighted by Gasteiger charge is -2.39. The predicted octanol–water partition coefficient (Wildman–Crippen LogP) is 4.67. The molecule has 1 saturated heterocycles. The highest BCUT2D eigenvalue weighted by atomic mass is 32.2. The number of nitrogens with zero attached hydrogens (tertiary/aromatic N) is 3. The number of hydrogen-bond acceptors (Lipinski definition) is 5. The van der Waals surface area contributed by atoms with Crippen molar-refractivity contribution in [3.05, 3.63) is 76.3 Å². The van der Waals surface area contributed by atoms with Crippen molar-refractivity contribution in [1.29, 1.82) is 0 Å². The molecule has 1 atom stereocenters. The lowest BCUT2D eigenvalue weighted by molar-refractivity contribution is -0.384.